The molecule has 1 fully saturated rings. The van der Waals surface area contributed by atoms with Crippen LogP contribution in [0.3, 0.4) is 0 Å². The molecule has 2 aliphatic rings. The van der Waals surface area contributed by atoms with Gasteiger partial charge in [-0.05, 0) is 59.5 Å². The predicted molar refractivity (Wildman–Crippen MR) is 149 cm³/mol. The third-order valence-electron chi connectivity index (χ3n) is 7.11. The molecule has 1 aliphatic heterocycles. The quantitative estimate of drug-likeness (QED) is 0.154. The van der Waals surface area contributed by atoms with Crippen molar-refractivity contribution in [1.29, 1.82) is 0 Å². The molecule has 0 radical (unpaired) electrons. The molecule has 14 heteroatoms. The molecule has 220 valence electrons. The minimum absolute atomic E-state index is 0.118. The van der Waals surface area contributed by atoms with Crippen molar-refractivity contribution in [1.82, 2.24) is 5.32 Å². The first-order valence-corrected chi connectivity index (χ1v) is 14.0. The van der Waals surface area contributed by atoms with Gasteiger partial charge in [-0.15, -0.1) is 11.8 Å². The molecule has 41 heavy (non-hydrogen) atoms. The maximum absolute atomic E-state index is 13.0. The van der Waals surface area contributed by atoms with Gasteiger partial charge in [-0.2, -0.15) is 0 Å². The van der Waals surface area contributed by atoms with Crippen molar-refractivity contribution in [3.05, 3.63) is 56.1 Å². The number of benzene rings is 1. The summed E-state index contributed by atoms with van der Waals surface area (Å²) in [5, 5.41) is 37.7. The number of hydrogen-bond acceptors (Lipinski definition) is 11. The Morgan fingerprint density at radius 2 is 1.90 bits per heavy atom. The van der Waals surface area contributed by atoms with E-state index in [1.807, 2.05) is 12.3 Å². The van der Waals surface area contributed by atoms with Gasteiger partial charge in [0, 0.05) is 17.4 Å². The molecule has 0 unspecified atom stereocenters. The second kappa shape index (κ2) is 13.0. The Hall–Kier alpha value is -3.52. The Kier molecular flexibility index (Phi) is 9.64. The van der Waals surface area contributed by atoms with E-state index in [0.29, 0.717) is 34.4 Å². The van der Waals surface area contributed by atoms with Crippen LogP contribution in [-0.4, -0.2) is 79.0 Å². The van der Waals surface area contributed by atoms with Crippen molar-refractivity contribution in [2.45, 2.75) is 61.4 Å². The molecule has 1 heterocycles. The van der Waals surface area contributed by atoms with Gasteiger partial charge in [0.15, 0.2) is 16.9 Å². The first kappa shape index (κ1) is 30.4. The molecule has 0 bridgehead atoms. The smallest absolute Gasteiger partial charge is 0.229 e. The third-order valence-corrected chi connectivity index (χ3v) is 7.89. The molecule has 2 aromatic carbocycles. The van der Waals surface area contributed by atoms with Gasteiger partial charge >= 0.3 is 0 Å². The van der Waals surface area contributed by atoms with E-state index in [-0.39, 0.29) is 35.1 Å². The Labute approximate surface area is 240 Å². The fourth-order valence-corrected chi connectivity index (χ4v) is 5.67. The zero-order valence-corrected chi connectivity index (χ0v) is 23.8. The van der Waals surface area contributed by atoms with E-state index in [1.165, 1.54) is 39.0 Å². The summed E-state index contributed by atoms with van der Waals surface area (Å²) >= 11 is 1.32. The molecular weight excluding hydrogens is 556 g/mol. The van der Waals surface area contributed by atoms with Gasteiger partial charge in [-0.3, -0.25) is 9.59 Å². The highest BCUT2D eigenvalue weighted by Gasteiger charge is 2.45. The molecular formula is C27H32N4O9S. The normalized spacial score (nSPS) is 25.0. The lowest BCUT2D eigenvalue weighted by Gasteiger charge is -2.40. The van der Waals surface area contributed by atoms with Crippen LogP contribution in [-0.2, 0) is 16.0 Å². The second-order valence-electron chi connectivity index (χ2n) is 9.59. The molecule has 13 nitrogen and oxygen atoms in total. The fraction of sp³-hybridized carbons (Fsp3) is 0.481. The van der Waals surface area contributed by atoms with Crippen LogP contribution in [0.5, 0.6) is 17.2 Å². The van der Waals surface area contributed by atoms with Gasteiger partial charge in [-0.25, -0.2) is 0 Å². The highest BCUT2D eigenvalue weighted by atomic mass is 32.2. The number of aliphatic hydroxyl groups excluding tert-OH is 3. The summed E-state index contributed by atoms with van der Waals surface area (Å²) in [4.78, 5) is 28.3. The minimum atomic E-state index is -1.65. The van der Waals surface area contributed by atoms with Gasteiger partial charge in [0.1, 0.15) is 18.3 Å². The number of fused-ring (bicyclic) bond motifs is 3. The van der Waals surface area contributed by atoms with Gasteiger partial charge in [-0.1, -0.05) is 11.2 Å². The van der Waals surface area contributed by atoms with E-state index < -0.39 is 36.7 Å². The van der Waals surface area contributed by atoms with Gasteiger partial charge in [0.2, 0.25) is 17.9 Å². The van der Waals surface area contributed by atoms with Crippen LogP contribution in [0.4, 0.5) is 0 Å². The number of nitrogens with zero attached hydrogens (tertiary/aromatic N) is 3. The lowest BCUT2D eigenvalue weighted by Crippen LogP contribution is -2.59. The van der Waals surface area contributed by atoms with Crippen molar-refractivity contribution in [3.8, 4) is 28.4 Å². The first-order chi connectivity index (χ1) is 19.6. The minimum Gasteiger partial charge on any atom is -0.492 e. The Bertz CT molecular complexity index is 1420. The number of aryl methyl sites for hydroxylation is 1. The monoisotopic (exact) mass is 588 g/mol. The highest BCUT2D eigenvalue weighted by Crippen LogP contribution is 2.50. The summed E-state index contributed by atoms with van der Waals surface area (Å²) in [6, 6.07) is 6.30. The van der Waals surface area contributed by atoms with Crippen molar-refractivity contribution in [2.24, 2.45) is 5.11 Å². The number of rotatable bonds is 8. The molecule has 4 N–H and O–H groups in total. The zero-order chi connectivity index (χ0) is 29.8. The SMILES string of the molecule is COc1c(O[C@@H]2O[C@H](CN=[N+]=[N-])[C@@H](O)[C@H](O)[C@H]2O)cc2c(c1OC)-c1ccc(SC)c(=O)cc1[C@@H](NC(C)=O)CC2. The molecule has 4 rings (SSSR count). The fourth-order valence-electron chi connectivity index (χ4n) is 5.20. The number of aliphatic hydroxyl groups is 3. The molecule has 0 saturated carbocycles. The molecule has 0 spiro atoms. The molecule has 0 aromatic heterocycles. The molecule has 6 atom stereocenters. The maximum Gasteiger partial charge on any atom is 0.229 e. The average molecular weight is 589 g/mol. The number of carbonyl (C=O) groups is 1. The second-order valence-corrected chi connectivity index (χ2v) is 10.4. The topological polar surface area (TPSA) is 193 Å². The third kappa shape index (κ3) is 6.08. The van der Waals surface area contributed by atoms with Gasteiger partial charge < -0.3 is 39.6 Å². The van der Waals surface area contributed by atoms with Crippen molar-refractivity contribution < 1.29 is 39.1 Å². The summed E-state index contributed by atoms with van der Waals surface area (Å²) in [6.07, 6.45) is -4.70. The number of nitrogens with one attached hydrogen (secondary N) is 1. The van der Waals surface area contributed by atoms with E-state index in [2.05, 4.69) is 15.3 Å². The van der Waals surface area contributed by atoms with Crippen LogP contribution in [0.2, 0.25) is 0 Å². The first-order valence-electron chi connectivity index (χ1n) is 12.8. The average Bonchev–Trinajstić information content (AvgIpc) is 3.19. The van der Waals surface area contributed by atoms with Crippen molar-refractivity contribution in [2.75, 3.05) is 27.0 Å². The van der Waals surface area contributed by atoms with Crippen LogP contribution in [0.1, 0.15) is 30.5 Å². The van der Waals surface area contributed by atoms with E-state index >= 15 is 0 Å². The van der Waals surface area contributed by atoms with Crippen LogP contribution < -0.4 is 25.0 Å². The lowest BCUT2D eigenvalue weighted by molar-refractivity contribution is -0.269. The predicted octanol–water partition coefficient (Wildman–Crippen LogP) is 2.07. The maximum atomic E-state index is 13.0. The molecule has 1 amide bonds. The summed E-state index contributed by atoms with van der Waals surface area (Å²) in [5.41, 5.74) is 11.2. The van der Waals surface area contributed by atoms with Crippen molar-refractivity contribution in [3.63, 3.8) is 0 Å². The van der Waals surface area contributed by atoms with Crippen LogP contribution in [0.25, 0.3) is 21.6 Å². The Morgan fingerprint density at radius 3 is 2.54 bits per heavy atom. The zero-order valence-electron chi connectivity index (χ0n) is 22.9. The van der Waals surface area contributed by atoms with E-state index in [1.54, 1.807) is 12.1 Å². The summed E-state index contributed by atoms with van der Waals surface area (Å²) in [6.45, 7) is 1.11. The molecule has 1 aliphatic carbocycles. The summed E-state index contributed by atoms with van der Waals surface area (Å²) < 4.78 is 23.2. The van der Waals surface area contributed by atoms with E-state index in [9.17, 15) is 24.9 Å². The lowest BCUT2D eigenvalue weighted by atomic mass is 9.95. The number of amides is 1. The molecule has 1 saturated heterocycles. The van der Waals surface area contributed by atoms with Crippen LogP contribution >= 0.6 is 11.8 Å². The number of ether oxygens (including phenoxy) is 4. The van der Waals surface area contributed by atoms with Crippen LogP contribution in [0.15, 0.2) is 39.1 Å². The van der Waals surface area contributed by atoms with Gasteiger partial charge in [0.05, 0.1) is 37.8 Å². The number of azide groups is 1. The summed E-state index contributed by atoms with van der Waals surface area (Å²) in [7, 11) is 2.86. The standard InChI is InChI=1S/C27H32N4O9S/c1-12(32)30-16-7-5-13-9-18(39-27-24(36)23(35)22(34)19(40-27)11-29-31-28)25(37-2)26(38-3)21(13)14-6-8-20(41-4)17(33)10-15(14)16/h6,8-10,16,19,22-24,27,34-36H,5,7,11H2,1-4H3,(H,30,32)/t16-,19+,22+,23-,24+,27+/m0/s1. The number of methoxy groups -OCH3 is 2. The van der Waals surface area contributed by atoms with Crippen molar-refractivity contribution >= 4 is 17.7 Å². The number of thioether (sulfide) groups is 1. The van der Waals surface area contributed by atoms with Crippen LogP contribution in [0, 0.1) is 0 Å². The Morgan fingerprint density at radius 1 is 1.17 bits per heavy atom. The largest absolute Gasteiger partial charge is 0.492 e. The van der Waals surface area contributed by atoms with Gasteiger partial charge in [0.25, 0.3) is 0 Å². The summed E-state index contributed by atoms with van der Waals surface area (Å²) in [5.74, 6) is 0.305. The highest BCUT2D eigenvalue weighted by molar-refractivity contribution is 7.98. The number of carbonyl (C=O) groups excluding carboxylic acids is 1. The number of hydrogen-bond donors (Lipinski definition) is 4. The van der Waals surface area contributed by atoms with E-state index in [4.69, 9.17) is 24.5 Å². The Balaban J connectivity index is 1.87. The molecule has 2 aromatic rings. The van der Waals surface area contributed by atoms with E-state index in [0.717, 1.165) is 5.56 Å².